The van der Waals surface area contributed by atoms with E-state index in [1.54, 1.807) is 13.8 Å². The highest BCUT2D eigenvalue weighted by Crippen LogP contribution is 2.61. The largest absolute Gasteiger partial charge is 0.465 e. The zero-order valence-corrected chi connectivity index (χ0v) is 18.4. The Morgan fingerprint density at radius 2 is 1.57 bits per heavy atom. The molecule has 0 aliphatic carbocycles. The summed E-state index contributed by atoms with van der Waals surface area (Å²) in [5, 5.41) is 14.7. The van der Waals surface area contributed by atoms with Crippen LogP contribution in [0.3, 0.4) is 0 Å². The lowest BCUT2D eigenvalue weighted by Gasteiger charge is -2.45. The van der Waals surface area contributed by atoms with Crippen molar-refractivity contribution in [3.8, 4) is 0 Å². The van der Waals surface area contributed by atoms with E-state index in [0.717, 1.165) is 0 Å². The summed E-state index contributed by atoms with van der Waals surface area (Å²) in [7, 11) is -6.36. The summed E-state index contributed by atoms with van der Waals surface area (Å²) in [5.74, 6) is -7.72. The van der Waals surface area contributed by atoms with Gasteiger partial charge in [-0.15, -0.1) is 0 Å². The van der Waals surface area contributed by atoms with Gasteiger partial charge in [-0.1, -0.05) is 0 Å². The number of fused-ring (bicyclic) bond motifs is 2. The predicted molar refractivity (Wildman–Crippen MR) is 99.9 cm³/mol. The number of halogens is 4. The molecule has 30 heavy (non-hydrogen) atoms. The average Bonchev–Trinajstić information content (AvgIpc) is 3.10. The summed E-state index contributed by atoms with van der Waals surface area (Å²) in [4.78, 5) is 12.4. The van der Waals surface area contributed by atoms with Crippen molar-refractivity contribution in [2.75, 3.05) is 6.61 Å². The second kappa shape index (κ2) is 7.75. The van der Waals surface area contributed by atoms with Crippen LogP contribution in [0.15, 0.2) is 0 Å². The van der Waals surface area contributed by atoms with Gasteiger partial charge >= 0.3 is 27.3 Å². The SMILES string of the molecule is CC(C)(O)C1C2CC(C(=O)OCCC(F)(F)C(F)(F)S(=O)(=O)O)C(S2)C1C(C)(C)O. The molecule has 2 aliphatic heterocycles. The molecule has 13 heteroatoms. The van der Waals surface area contributed by atoms with Gasteiger partial charge in [0.25, 0.3) is 0 Å². The number of carbonyl (C=O) groups is 1. The lowest BCUT2D eigenvalue weighted by molar-refractivity contribution is -0.177. The molecule has 0 saturated carbocycles. The van der Waals surface area contributed by atoms with Gasteiger partial charge in [0.2, 0.25) is 0 Å². The number of aliphatic hydroxyl groups is 2. The van der Waals surface area contributed by atoms with E-state index in [-0.39, 0.29) is 17.6 Å². The molecule has 2 rings (SSSR count). The maximum Gasteiger partial charge on any atom is 0.431 e. The van der Waals surface area contributed by atoms with Crippen molar-refractivity contribution in [1.82, 2.24) is 0 Å². The van der Waals surface area contributed by atoms with Gasteiger partial charge in [0.1, 0.15) is 0 Å². The summed E-state index contributed by atoms with van der Waals surface area (Å²) < 4.78 is 87.5. The Kier molecular flexibility index (Phi) is 6.62. The Bertz CT molecular complexity index is 774. The highest BCUT2D eigenvalue weighted by Gasteiger charge is 2.66. The Morgan fingerprint density at radius 1 is 1.07 bits per heavy atom. The predicted octanol–water partition coefficient (Wildman–Crippen LogP) is 2.31. The summed E-state index contributed by atoms with van der Waals surface area (Å²) in [5.41, 5.74) is -2.41. The summed E-state index contributed by atoms with van der Waals surface area (Å²) in [6.07, 6.45) is -1.55. The molecule has 0 radical (unpaired) electrons. The van der Waals surface area contributed by atoms with Gasteiger partial charge in [-0.05, 0) is 34.1 Å². The van der Waals surface area contributed by atoms with Crippen LogP contribution in [-0.2, 0) is 19.6 Å². The first-order chi connectivity index (χ1) is 13.2. The second-order valence-electron chi connectivity index (χ2n) is 8.95. The van der Waals surface area contributed by atoms with E-state index >= 15 is 0 Å². The van der Waals surface area contributed by atoms with Crippen LogP contribution in [0.5, 0.6) is 0 Å². The van der Waals surface area contributed by atoms with Crippen molar-refractivity contribution in [3.63, 3.8) is 0 Å². The fourth-order valence-corrected chi connectivity index (χ4v) is 7.38. The van der Waals surface area contributed by atoms with E-state index in [4.69, 9.17) is 9.29 Å². The fraction of sp³-hybridized carbons (Fsp3) is 0.941. The first-order valence-corrected chi connectivity index (χ1v) is 11.6. The van der Waals surface area contributed by atoms with Crippen LogP contribution in [0.1, 0.15) is 40.5 Å². The van der Waals surface area contributed by atoms with Gasteiger partial charge in [0.15, 0.2) is 0 Å². The molecule has 5 atom stereocenters. The van der Waals surface area contributed by atoms with E-state index in [1.807, 2.05) is 0 Å². The van der Waals surface area contributed by atoms with Crippen LogP contribution in [0.4, 0.5) is 17.6 Å². The summed E-state index contributed by atoms with van der Waals surface area (Å²) >= 11 is 1.38. The molecular weight excluding hydrogens is 456 g/mol. The van der Waals surface area contributed by atoms with Gasteiger partial charge < -0.3 is 14.9 Å². The molecule has 0 amide bonds. The standard InChI is InChI=1S/C17H26F4O7S2/c1-14(2,23)10-9-7-8(12(29-9)11(10)15(3,4)24)13(22)28-6-5-16(18,19)17(20,21)30(25,26)27/h8-12,23-24H,5-7H2,1-4H3,(H,25,26,27). The summed E-state index contributed by atoms with van der Waals surface area (Å²) in [6.45, 7) is 5.10. The highest BCUT2D eigenvalue weighted by atomic mass is 32.2. The van der Waals surface area contributed by atoms with E-state index in [2.05, 4.69) is 0 Å². The van der Waals surface area contributed by atoms with Gasteiger partial charge in [-0.3, -0.25) is 9.35 Å². The third-order valence-corrected chi connectivity index (χ3v) is 8.42. The molecule has 176 valence electrons. The Hall–Kier alpha value is -0.630. The third-order valence-electron chi connectivity index (χ3n) is 5.70. The number of esters is 1. The van der Waals surface area contributed by atoms with Crippen molar-refractivity contribution in [3.05, 3.63) is 0 Å². The smallest absolute Gasteiger partial charge is 0.431 e. The number of thioether (sulfide) groups is 1. The number of alkyl halides is 4. The van der Waals surface area contributed by atoms with Gasteiger partial charge in [0.05, 0.1) is 30.1 Å². The lowest BCUT2D eigenvalue weighted by atomic mass is 9.63. The first-order valence-electron chi connectivity index (χ1n) is 9.21. The number of hydrogen-bond donors (Lipinski definition) is 3. The van der Waals surface area contributed by atoms with Gasteiger partial charge in [-0.2, -0.15) is 37.7 Å². The number of rotatable bonds is 8. The quantitative estimate of drug-likeness (QED) is 0.274. The van der Waals surface area contributed by atoms with Crippen LogP contribution in [0.2, 0.25) is 0 Å². The third kappa shape index (κ3) is 4.59. The Balaban J connectivity index is 2.06. The van der Waals surface area contributed by atoms with Crippen molar-refractivity contribution in [2.24, 2.45) is 17.8 Å². The van der Waals surface area contributed by atoms with E-state index in [9.17, 15) is 41.0 Å². The van der Waals surface area contributed by atoms with Gasteiger partial charge in [0, 0.05) is 22.3 Å². The van der Waals surface area contributed by atoms with Crippen molar-refractivity contribution >= 4 is 27.8 Å². The molecule has 0 aromatic rings. The monoisotopic (exact) mass is 482 g/mol. The number of hydrogen-bond acceptors (Lipinski definition) is 7. The maximum absolute atomic E-state index is 13.5. The molecule has 7 nitrogen and oxygen atoms in total. The molecule has 0 aromatic heterocycles. The topological polar surface area (TPSA) is 121 Å². The van der Waals surface area contributed by atoms with Crippen molar-refractivity contribution < 1.29 is 50.3 Å². The average molecular weight is 483 g/mol. The van der Waals surface area contributed by atoms with E-state index in [1.165, 1.54) is 25.6 Å². The molecule has 2 saturated heterocycles. The number of carbonyl (C=O) groups excluding carboxylic acids is 1. The van der Waals surface area contributed by atoms with Crippen LogP contribution < -0.4 is 0 Å². The normalized spacial score (nSPS) is 30.6. The van der Waals surface area contributed by atoms with Crippen LogP contribution in [0.25, 0.3) is 0 Å². The molecule has 2 bridgehead atoms. The molecule has 5 unspecified atom stereocenters. The molecular formula is C17H26F4O7S2. The minimum Gasteiger partial charge on any atom is -0.465 e. The van der Waals surface area contributed by atoms with Gasteiger partial charge in [-0.25, -0.2) is 0 Å². The number of ether oxygens (including phenoxy) is 1. The fourth-order valence-electron chi connectivity index (χ4n) is 4.43. The second-order valence-corrected chi connectivity index (χ2v) is 11.8. The summed E-state index contributed by atoms with van der Waals surface area (Å²) in [6, 6.07) is 0. The molecule has 0 spiro atoms. The van der Waals surface area contributed by atoms with Crippen LogP contribution >= 0.6 is 11.8 Å². The highest BCUT2D eigenvalue weighted by molar-refractivity contribution is 8.01. The zero-order chi connectivity index (χ0) is 23.5. The Labute approximate surface area is 176 Å². The molecule has 2 aliphatic rings. The molecule has 2 heterocycles. The first kappa shape index (κ1) is 25.6. The Morgan fingerprint density at radius 3 is 2.00 bits per heavy atom. The van der Waals surface area contributed by atoms with Crippen molar-refractivity contribution in [1.29, 1.82) is 0 Å². The van der Waals surface area contributed by atoms with E-state index in [0.29, 0.717) is 0 Å². The van der Waals surface area contributed by atoms with Crippen LogP contribution in [-0.4, -0.2) is 68.6 Å². The minimum atomic E-state index is -6.36. The molecule has 3 N–H and O–H groups in total. The van der Waals surface area contributed by atoms with Crippen molar-refractivity contribution in [2.45, 2.75) is 73.4 Å². The molecule has 2 fully saturated rings. The molecule has 0 aromatic carbocycles. The van der Waals surface area contributed by atoms with E-state index < -0.39 is 68.6 Å². The zero-order valence-electron chi connectivity index (χ0n) is 16.8. The maximum atomic E-state index is 13.5. The lowest BCUT2D eigenvalue weighted by Crippen LogP contribution is -2.54. The van der Waals surface area contributed by atoms with Crippen LogP contribution in [0, 0.1) is 17.8 Å². The minimum absolute atomic E-state index is 0.200.